The monoisotopic (exact) mass is 241 g/mol. The summed E-state index contributed by atoms with van der Waals surface area (Å²) in [6.45, 7) is 3.58. The van der Waals surface area contributed by atoms with Crippen LogP contribution in [0.25, 0.3) is 0 Å². The predicted molar refractivity (Wildman–Crippen MR) is 61.2 cm³/mol. The molecule has 0 saturated heterocycles. The lowest BCUT2D eigenvalue weighted by Gasteiger charge is -2.12. The number of rotatable bonds is 3. The van der Waals surface area contributed by atoms with Crippen LogP contribution >= 0.6 is 0 Å². The Hall–Kier alpha value is -1.63. The predicted octanol–water partition coefficient (Wildman–Crippen LogP) is 3.21. The molecule has 0 unspecified atom stereocenters. The molecular weight excluding hydrogens is 227 g/mol. The van der Waals surface area contributed by atoms with Crippen LogP contribution in [0.3, 0.4) is 0 Å². The third-order valence-electron chi connectivity index (χ3n) is 2.24. The molecule has 0 aliphatic carbocycles. The molecule has 0 saturated carbocycles. The minimum absolute atomic E-state index is 0.0194. The van der Waals surface area contributed by atoms with Gasteiger partial charge in [-0.2, -0.15) is 13.2 Å². The van der Waals surface area contributed by atoms with Gasteiger partial charge in [-0.15, -0.1) is 0 Å². The highest BCUT2D eigenvalue weighted by Gasteiger charge is 2.30. The maximum absolute atomic E-state index is 12.5. The summed E-state index contributed by atoms with van der Waals surface area (Å²) >= 11 is 0. The van der Waals surface area contributed by atoms with Crippen LogP contribution in [0.5, 0.6) is 0 Å². The summed E-state index contributed by atoms with van der Waals surface area (Å²) in [5, 5.41) is 2.90. The molecule has 4 heteroatoms. The highest BCUT2D eigenvalue weighted by Crippen LogP contribution is 2.29. The van der Waals surface area contributed by atoms with Crippen LogP contribution in [0.1, 0.15) is 25.0 Å². The minimum Gasteiger partial charge on any atom is -0.343 e. The smallest absolute Gasteiger partial charge is 0.343 e. The Labute approximate surface area is 99.0 Å². The fourth-order valence-electron chi connectivity index (χ4n) is 1.47. The van der Waals surface area contributed by atoms with Gasteiger partial charge in [0.05, 0.1) is 5.56 Å². The second kappa shape index (κ2) is 5.62. The summed E-state index contributed by atoms with van der Waals surface area (Å²) in [5.41, 5.74) is 0.0431. The van der Waals surface area contributed by atoms with E-state index < -0.39 is 11.7 Å². The molecule has 1 nitrogen and oxygen atoms in total. The van der Waals surface area contributed by atoms with Gasteiger partial charge < -0.3 is 5.32 Å². The minimum atomic E-state index is -4.28. The van der Waals surface area contributed by atoms with E-state index in [0.29, 0.717) is 12.0 Å². The van der Waals surface area contributed by atoms with Crippen molar-refractivity contribution in [2.24, 2.45) is 0 Å². The van der Waals surface area contributed by atoms with Gasteiger partial charge in [0.2, 0.25) is 0 Å². The Morgan fingerprint density at radius 1 is 1.35 bits per heavy atom. The van der Waals surface area contributed by atoms with E-state index in [1.165, 1.54) is 12.1 Å². The highest BCUT2D eigenvalue weighted by molar-refractivity contribution is 5.26. The van der Waals surface area contributed by atoms with Gasteiger partial charge in [-0.1, -0.05) is 24.1 Å². The van der Waals surface area contributed by atoms with Crippen molar-refractivity contribution >= 4 is 0 Å². The number of hydrogen-bond donors (Lipinski definition) is 1. The van der Waals surface area contributed by atoms with Crippen LogP contribution in [0.2, 0.25) is 0 Å². The Balaban J connectivity index is 2.74. The van der Waals surface area contributed by atoms with E-state index in [9.17, 15) is 13.2 Å². The molecule has 17 heavy (non-hydrogen) atoms. The molecule has 0 aliphatic heterocycles. The van der Waals surface area contributed by atoms with Crippen LogP contribution in [-0.2, 0) is 12.6 Å². The third kappa shape index (κ3) is 4.39. The normalized spacial score (nSPS) is 12.5. The number of benzene rings is 1. The largest absolute Gasteiger partial charge is 0.416 e. The van der Waals surface area contributed by atoms with Gasteiger partial charge in [0, 0.05) is 12.1 Å². The van der Waals surface area contributed by atoms with Gasteiger partial charge in [-0.3, -0.25) is 0 Å². The average Bonchev–Trinajstić information content (AvgIpc) is 2.25. The van der Waals surface area contributed by atoms with Crippen molar-refractivity contribution in [2.45, 2.75) is 32.5 Å². The first-order valence-corrected chi connectivity index (χ1v) is 5.27. The van der Waals surface area contributed by atoms with E-state index in [2.05, 4.69) is 17.3 Å². The molecule has 92 valence electrons. The van der Waals surface area contributed by atoms with Crippen molar-refractivity contribution in [1.29, 1.82) is 0 Å². The summed E-state index contributed by atoms with van der Waals surface area (Å²) in [6.07, 6.45) is -3.77. The van der Waals surface area contributed by atoms with Crippen molar-refractivity contribution in [1.82, 2.24) is 5.32 Å². The molecule has 0 radical (unpaired) electrons. The van der Waals surface area contributed by atoms with E-state index in [1.54, 1.807) is 13.0 Å². The molecule has 0 aliphatic rings. The molecule has 0 bridgehead atoms. The van der Waals surface area contributed by atoms with E-state index in [1.807, 2.05) is 6.92 Å². The third-order valence-corrected chi connectivity index (χ3v) is 2.24. The standard InChI is InChI=1S/C13H14F3N/c1-3-7-17-10(2)8-11-5-4-6-12(9-11)13(14,15)16/h4-6,9-10,17H,8H2,1-2H3/t10-/m1/s1. The van der Waals surface area contributed by atoms with E-state index >= 15 is 0 Å². The summed E-state index contributed by atoms with van der Waals surface area (Å²) in [6, 6.07) is 8.08. The second-order valence-corrected chi connectivity index (χ2v) is 3.82. The van der Waals surface area contributed by atoms with Crippen molar-refractivity contribution < 1.29 is 13.2 Å². The van der Waals surface area contributed by atoms with Crippen molar-refractivity contribution in [3.63, 3.8) is 0 Å². The van der Waals surface area contributed by atoms with E-state index in [0.717, 1.165) is 6.07 Å². The highest BCUT2D eigenvalue weighted by atomic mass is 19.4. The quantitative estimate of drug-likeness (QED) is 0.633. The number of nitrogens with one attached hydrogen (secondary N) is 1. The fraction of sp³-hybridized carbons (Fsp3) is 0.385. The molecule has 0 heterocycles. The molecule has 0 fully saturated rings. The molecule has 0 spiro atoms. The molecule has 0 aromatic heterocycles. The summed E-state index contributed by atoms with van der Waals surface area (Å²) < 4.78 is 37.4. The lowest BCUT2D eigenvalue weighted by Crippen LogP contribution is -2.23. The molecular formula is C13H14F3N. The first kappa shape index (κ1) is 13.4. The van der Waals surface area contributed by atoms with Gasteiger partial charge in [-0.05, 0) is 31.9 Å². The van der Waals surface area contributed by atoms with Crippen molar-refractivity contribution in [3.05, 3.63) is 35.4 Å². The fourth-order valence-corrected chi connectivity index (χ4v) is 1.47. The molecule has 0 amide bonds. The Kier molecular flexibility index (Phi) is 4.45. The van der Waals surface area contributed by atoms with Crippen LogP contribution in [0.15, 0.2) is 24.3 Å². The lowest BCUT2D eigenvalue weighted by atomic mass is 10.0. The molecule has 1 aromatic rings. The Morgan fingerprint density at radius 3 is 2.65 bits per heavy atom. The maximum Gasteiger partial charge on any atom is 0.416 e. The summed E-state index contributed by atoms with van der Waals surface area (Å²) in [5.74, 6) is 2.68. The van der Waals surface area contributed by atoms with Crippen molar-refractivity contribution in [2.75, 3.05) is 0 Å². The average molecular weight is 241 g/mol. The van der Waals surface area contributed by atoms with Gasteiger partial charge in [-0.25, -0.2) is 0 Å². The Bertz CT molecular complexity index is 426. The lowest BCUT2D eigenvalue weighted by molar-refractivity contribution is -0.137. The van der Waals surface area contributed by atoms with Crippen molar-refractivity contribution in [3.8, 4) is 12.0 Å². The topological polar surface area (TPSA) is 12.0 Å². The molecule has 1 rings (SSSR count). The van der Waals surface area contributed by atoms with Crippen LogP contribution in [0, 0.1) is 12.0 Å². The Morgan fingerprint density at radius 2 is 2.06 bits per heavy atom. The molecule has 1 aromatic carbocycles. The zero-order valence-corrected chi connectivity index (χ0v) is 9.73. The summed E-state index contributed by atoms with van der Waals surface area (Å²) in [7, 11) is 0. The first-order chi connectivity index (χ1) is 7.93. The van der Waals surface area contributed by atoms with Crippen LogP contribution < -0.4 is 5.32 Å². The van der Waals surface area contributed by atoms with E-state index in [-0.39, 0.29) is 6.04 Å². The second-order valence-electron chi connectivity index (χ2n) is 3.82. The van der Waals surface area contributed by atoms with Gasteiger partial charge in [0.25, 0.3) is 0 Å². The van der Waals surface area contributed by atoms with Crippen LogP contribution in [-0.4, -0.2) is 6.04 Å². The van der Waals surface area contributed by atoms with Gasteiger partial charge in [0.1, 0.15) is 0 Å². The zero-order valence-electron chi connectivity index (χ0n) is 9.73. The SMILES string of the molecule is CC#CN[C@H](C)Cc1cccc(C(F)(F)F)c1. The number of hydrogen-bond acceptors (Lipinski definition) is 1. The van der Waals surface area contributed by atoms with E-state index in [4.69, 9.17) is 0 Å². The number of halogens is 3. The zero-order chi connectivity index (χ0) is 12.9. The molecule has 1 N–H and O–H groups in total. The van der Waals surface area contributed by atoms with Gasteiger partial charge in [0.15, 0.2) is 0 Å². The van der Waals surface area contributed by atoms with Crippen LogP contribution in [0.4, 0.5) is 13.2 Å². The first-order valence-electron chi connectivity index (χ1n) is 5.27. The number of alkyl halides is 3. The maximum atomic E-state index is 12.5. The van der Waals surface area contributed by atoms with Gasteiger partial charge >= 0.3 is 6.18 Å². The summed E-state index contributed by atoms with van der Waals surface area (Å²) in [4.78, 5) is 0. The molecule has 1 atom stereocenters.